The summed E-state index contributed by atoms with van der Waals surface area (Å²) < 4.78 is 10.1. The molecule has 0 aliphatic heterocycles. The monoisotopic (exact) mass is 218 g/mol. The molecular weight excluding hydrogens is 200 g/mol. The highest BCUT2D eigenvalue weighted by atomic mass is 32.1. The standard InChI is InChI=1S/C10H18O3S/c1-4-6-7-13-9(11)8(3)10(14)12-5-2/h8H,4-7H2,1-3H3. The Bertz CT molecular complexity index is 192. The zero-order chi connectivity index (χ0) is 11.0. The van der Waals surface area contributed by atoms with E-state index in [1.807, 2.05) is 13.8 Å². The maximum atomic E-state index is 11.3. The van der Waals surface area contributed by atoms with E-state index in [1.54, 1.807) is 6.92 Å². The minimum atomic E-state index is -0.443. The molecule has 0 heterocycles. The highest BCUT2D eigenvalue weighted by Crippen LogP contribution is 2.04. The lowest BCUT2D eigenvalue weighted by Crippen LogP contribution is -2.24. The molecule has 1 unspecified atom stereocenters. The van der Waals surface area contributed by atoms with Gasteiger partial charge in [-0.05, 0) is 32.5 Å². The second kappa shape index (κ2) is 7.74. The minimum Gasteiger partial charge on any atom is -0.486 e. The van der Waals surface area contributed by atoms with Crippen LogP contribution in [-0.4, -0.2) is 24.2 Å². The van der Waals surface area contributed by atoms with Gasteiger partial charge in [0.05, 0.1) is 13.2 Å². The van der Waals surface area contributed by atoms with E-state index in [4.69, 9.17) is 21.7 Å². The zero-order valence-electron chi connectivity index (χ0n) is 9.04. The summed E-state index contributed by atoms with van der Waals surface area (Å²) in [5.74, 6) is -0.737. The first kappa shape index (κ1) is 13.4. The van der Waals surface area contributed by atoms with E-state index in [2.05, 4.69) is 0 Å². The molecule has 0 aromatic heterocycles. The smallest absolute Gasteiger partial charge is 0.317 e. The van der Waals surface area contributed by atoms with Gasteiger partial charge in [-0.15, -0.1) is 0 Å². The largest absolute Gasteiger partial charge is 0.486 e. The molecule has 0 aromatic rings. The number of thiocarbonyl (C=S) groups is 1. The van der Waals surface area contributed by atoms with Crippen LogP contribution in [0, 0.1) is 5.92 Å². The van der Waals surface area contributed by atoms with Gasteiger partial charge in [0.1, 0.15) is 5.92 Å². The first-order valence-corrected chi connectivity index (χ1v) is 5.37. The van der Waals surface area contributed by atoms with E-state index in [-0.39, 0.29) is 5.97 Å². The summed E-state index contributed by atoms with van der Waals surface area (Å²) >= 11 is 4.91. The highest BCUT2D eigenvalue weighted by molar-refractivity contribution is 7.80. The van der Waals surface area contributed by atoms with Crippen molar-refractivity contribution in [3.63, 3.8) is 0 Å². The summed E-state index contributed by atoms with van der Waals surface area (Å²) in [4.78, 5) is 11.3. The predicted octanol–water partition coefficient (Wildman–Crippen LogP) is 2.33. The molecule has 0 aliphatic carbocycles. The summed E-state index contributed by atoms with van der Waals surface area (Å²) in [6, 6.07) is 0. The van der Waals surface area contributed by atoms with E-state index in [1.165, 1.54) is 0 Å². The molecule has 0 radical (unpaired) electrons. The summed E-state index contributed by atoms with van der Waals surface area (Å²) in [6.07, 6.45) is 1.90. The molecule has 3 nitrogen and oxygen atoms in total. The fraction of sp³-hybridized carbons (Fsp3) is 0.800. The second-order valence-electron chi connectivity index (χ2n) is 2.99. The Morgan fingerprint density at radius 2 is 2.00 bits per heavy atom. The first-order chi connectivity index (χ1) is 6.63. The van der Waals surface area contributed by atoms with Gasteiger partial charge in [-0.25, -0.2) is 0 Å². The number of esters is 1. The van der Waals surface area contributed by atoms with Crippen molar-refractivity contribution < 1.29 is 14.3 Å². The van der Waals surface area contributed by atoms with Gasteiger partial charge in [0, 0.05) is 0 Å². The van der Waals surface area contributed by atoms with Gasteiger partial charge in [0.15, 0.2) is 5.05 Å². The SMILES string of the molecule is CCCCOC(=O)C(C)C(=S)OCC. The zero-order valence-corrected chi connectivity index (χ0v) is 9.86. The number of carbonyl (C=O) groups excluding carboxylic acids is 1. The summed E-state index contributed by atoms with van der Waals surface area (Å²) in [6.45, 7) is 6.54. The Balaban J connectivity index is 3.80. The van der Waals surface area contributed by atoms with E-state index in [9.17, 15) is 4.79 Å². The molecule has 0 saturated heterocycles. The van der Waals surface area contributed by atoms with E-state index in [0.717, 1.165) is 12.8 Å². The lowest BCUT2D eigenvalue weighted by Gasteiger charge is -2.12. The van der Waals surface area contributed by atoms with Gasteiger partial charge in [-0.3, -0.25) is 4.79 Å². The van der Waals surface area contributed by atoms with Gasteiger partial charge in [0.25, 0.3) is 0 Å². The van der Waals surface area contributed by atoms with Crippen LogP contribution in [-0.2, 0) is 14.3 Å². The van der Waals surface area contributed by atoms with E-state index in [0.29, 0.717) is 18.3 Å². The average Bonchev–Trinajstić information content (AvgIpc) is 2.17. The van der Waals surface area contributed by atoms with Crippen LogP contribution < -0.4 is 0 Å². The molecule has 0 N–H and O–H groups in total. The Hall–Kier alpha value is -0.640. The number of hydrogen-bond acceptors (Lipinski definition) is 4. The van der Waals surface area contributed by atoms with Gasteiger partial charge in [-0.1, -0.05) is 13.3 Å². The molecule has 0 spiro atoms. The Labute approximate surface area is 90.8 Å². The quantitative estimate of drug-likeness (QED) is 0.389. The molecule has 0 saturated carbocycles. The molecule has 0 bridgehead atoms. The Morgan fingerprint density at radius 3 is 2.50 bits per heavy atom. The van der Waals surface area contributed by atoms with E-state index < -0.39 is 5.92 Å². The summed E-state index contributed by atoms with van der Waals surface area (Å²) in [7, 11) is 0. The van der Waals surface area contributed by atoms with Crippen LogP contribution in [0.4, 0.5) is 0 Å². The fourth-order valence-corrected chi connectivity index (χ4v) is 1.02. The van der Waals surface area contributed by atoms with Crippen molar-refractivity contribution in [2.45, 2.75) is 33.6 Å². The normalized spacial score (nSPS) is 11.9. The van der Waals surface area contributed by atoms with Crippen molar-refractivity contribution in [2.75, 3.05) is 13.2 Å². The van der Waals surface area contributed by atoms with Crippen molar-refractivity contribution in [2.24, 2.45) is 5.92 Å². The summed E-state index contributed by atoms with van der Waals surface area (Å²) in [5.41, 5.74) is 0. The lowest BCUT2D eigenvalue weighted by atomic mass is 10.2. The molecule has 0 fully saturated rings. The van der Waals surface area contributed by atoms with E-state index >= 15 is 0 Å². The Morgan fingerprint density at radius 1 is 1.36 bits per heavy atom. The van der Waals surface area contributed by atoms with Crippen molar-refractivity contribution in [1.82, 2.24) is 0 Å². The predicted molar refractivity (Wildman–Crippen MR) is 59.3 cm³/mol. The van der Waals surface area contributed by atoms with Crippen LogP contribution in [0.3, 0.4) is 0 Å². The third-order valence-corrected chi connectivity index (χ3v) is 2.21. The number of unbranched alkanes of at least 4 members (excludes halogenated alkanes) is 1. The average molecular weight is 218 g/mol. The maximum absolute atomic E-state index is 11.3. The minimum absolute atomic E-state index is 0.295. The third kappa shape index (κ3) is 5.17. The number of carbonyl (C=O) groups is 1. The lowest BCUT2D eigenvalue weighted by molar-refractivity contribution is -0.146. The molecule has 0 rings (SSSR count). The molecule has 1 atom stereocenters. The molecular formula is C10H18O3S. The van der Waals surface area contributed by atoms with Gasteiger partial charge >= 0.3 is 5.97 Å². The first-order valence-electron chi connectivity index (χ1n) is 4.96. The number of rotatable bonds is 6. The van der Waals surface area contributed by atoms with Crippen LogP contribution >= 0.6 is 12.2 Å². The van der Waals surface area contributed by atoms with Crippen molar-refractivity contribution in [3.8, 4) is 0 Å². The van der Waals surface area contributed by atoms with Crippen LogP contribution in [0.1, 0.15) is 33.6 Å². The van der Waals surface area contributed by atoms with Crippen molar-refractivity contribution in [3.05, 3.63) is 0 Å². The van der Waals surface area contributed by atoms with Gasteiger partial charge < -0.3 is 9.47 Å². The van der Waals surface area contributed by atoms with Crippen LogP contribution in [0.15, 0.2) is 0 Å². The molecule has 14 heavy (non-hydrogen) atoms. The van der Waals surface area contributed by atoms with Crippen molar-refractivity contribution >= 4 is 23.2 Å². The molecule has 82 valence electrons. The Kier molecular flexibility index (Phi) is 7.38. The molecule has 0 amide bonds. The molecule has 4 heteroatoms. The second-order valence-corrected chi connectivity index (χ2v) is 3.40. The summed E-state index contributed by atoms with van der Waals surface area (Å²) in [5, 5.41) is 0.314. The third-order valence-electron chi connectivity index (χ3n) is 1.74. The number of ether oxygens (including phenoxy) is 2. The van der Waals surface area contributed by atoms with Gasteiger partial charge in [-0.2, -0.15) is 0 Å². The topological polar surface area (TPSA) is 35.5 Å². The van der Waals surface area contributed by atoms with Crippen LogP contribution in [0.5, 0.6) is 0 Å². The van der Waals surface area contributed by atoms with Crippen LogP contribution in [0.25, 0.3) is 0 Å². The highest BCUT2D eigenvalue weighted by Gasteiger charge is 2.20. The fourth-order valence-electron chi connectivity index (χ4n) is 0.806. The van der Waals surface area contributed by atoms with Crippen molar-refractivity contribution in [1.29, 1.82) is 0 Å². The van der Waals surface area contributed by atoms with Crippen LogP contribution in [0.2, 0.25) is 0 Å². The van der Waals surface area contributed by atoms with Gasteiger partial charge in [0.2, 0.25) is 0 Å². The molecule has 0 aromatic carbocycles. The number of hydrogen-bond donors (Lipinski definition) is 0. The molecule has 0 aliphatic rings. The maximum Gasteiger partial charge on any atom is 0.317 e.